The number of morpholine rings is 1. The molecule has 1 aliphatic heterocycles. The molecule has 5 nitrogen and oxygen atoms in total. The van der Waals surface area contributed by atoms with Gasteiger partial charge >= 0.3 is 0 Å². The van der Waals surface area contributed by atoms with Gasteiger partial charge in [0.15, 0.2) is 0 Å². The van der Waals surface area contributed by atoms with Gasteiger partial charge in [-0.2, -0.15) is 0 Å². The van der Waals surface area contributed by atoms with Crippen LogP contribution in [-0.2, 0) is 11.2 Å². The predicted octanol–water partition coefficient (Wildman–Crippen LogP) is 3.04. The zero-order valence-corrected chi connectivity index (χ0v) is 14.7. The number of amides is 1. The first-order valence-corrected chi connectivity index (χ1v) is 9.00. The van der Waals surface area contributed by atoms with Crippen molar-refractivity contribution >= 4 is 5.91 Å². The van der Waals surface area contributed by atoms with Crippen LogP contribution in [0.2, 0.25) is 0 Å². The van der Waals surface area contributed by atoms with E-state index in [2.05, 4.69) is 17.1 Å². The van der Waals surface area contributed by atoms with Gasteiger partial charge in [-0.3, -0.25) is 9.69 Å². The normalized spacial score (nSPS) is 16.5. The number of nitrogens with one attached hydrogen (secondary N) is 1. The molecule has 0 aliphatic carbocycles. The molecule has 2 aromatic rings. The zero-order valence-electron chi connectivity index (χ0n) is 14.7. The zero-order chi connectivity index (χ0) is 17.5. The van der Waals surface area contributed by atoms with E-state index in [9.17, 15) is 4.79 Å². The first-order chi connectivity index (χ1) is 12.3. The second-order valence-electron chi connectivity index (χ2n) is 6.34. The van der Waals surface area contributed by atoms with Crippen molar-refractivity contribution in [1.29, 1.82) is 0 Å². The molecule has 3 rings (SSSR count). The molecule has 0 saturated carbocycles. The van der Waals surface area contributed by atoms with Crippen LogP contribution < -0.4 is 5.32 Å². The molecule has 1 N–H and O–H groups in total. The average molecular weight is 342 g/mol. The van der Waals surface area contributed by atoms with Crippen LogP contribution in [-0.4, -0.2) is 43.7 Å². The lowest BCUT2D eigenvalue weighted by atomic mass is 10.1. The summed E-state index contributed by atoms with van der Waals surface area (Å²) in [7, 11) is 0. The van der Waals surface area contributed by atoms with Crippen molar-refractivity contribution in [3.05, 3.63) is 59.5 Å². The van der Waals surface area contributed by atoms with Crippen LogP contribution in [0.5, 0.6) is 0 Å². The third-order valence-electron chi connectivity index (χ3n) is 4.57. The lowest BCUT2D eigenvalue weighted by Crippen LogP contribution is -2.43. The largest absolute Gasteiger partial charge is 0.468 e. The minimum Gasteiger partial charge on any atom is -0.468 e. The minimum atomic E-state index is -0.0483. The first-order valence-electron chi connectivity index (χ1n) is 9.00. The molecule has 1 aromatic heterocycles. The van der Waals surface area contributed by atoms with Crippen LogP contribution in [0.4, 0.5) is 0 Å². The Bertz CT molecular complexity index is 646. The topological polar surface area (TPSA) is 54.7 Å². The van der Waals surface area contributed by atoms with Gasteiger partial charge in [0.05, 0.1) is 25.5 Å². The van der Waals surface area contributed by atoms with Crippen molar-refractivity contribution in [1.82, 2.24) is 10.2 Å². The van der Waals surface area contributed by atoms with Crippen molar-refractivity contribution in [3.63, 3.8) is 0 Å². The molecular weight excluding hydrogens is 316 g/mol. The lowest BCUT2D eigenvalue weighted by molar-refractivity contribution is 0.0118. The standard InChI is InChI=1S/C20H26N2O3/c1-2-4-16-6-8-17(9-7-16)20(23)21-15-18(19-5-3-12-25-19)22-10-13-24-14-11-22/h3,5-9,12,18H,2,4,10-11,13-15H2,1H3,(H,21,23). The number of aryl methyl sites for hydroxylation is 1. The van der Waals surface area contributed by atoms with Gasteiger partial charge in [-0.15, -0.1) is 0 Å². The number of furan rings is 1. The Morgan fingerprint density at radius 3 is 2.60 bits per heavy atom. The van der Waals surface area contributed by atoms with Gasteiger partial charge in [0, 0.05) is 25.2 Å². The van der Waals surface area contributed by atoms with Crippen LogP contribution in [0.1, 0.15) is 41.1 Å². The SMILES string of the molecule is CCCc1ccc(C(=O)NCC(c2ccco2)N2CCOCC2)cc1. The van der Waals surface area contributed by atoms with Crippen LogP contribution >= 0.6 is 0 Å². The van der Waals surface area contributed by atoms with Crippen molar-refractivity contribution < 1.29 is 13.9 Å². The molecule has 0 spiro atoms. The maximum Gasteiger partial charge on any atom is 0.251 e. The van der Waals surface area contributed by atoms with Crippen LogP contribution in [0.15, 0.2) is 47.1 Å². The van der Waals surface area contributed by atoms with E-state index in [1.165, 1.54) is 5.56 Å². The summed E-state index contributed by atoms with van der Waals surface area (Å²) in [6, 6.07) is 11.7. The predicted molar refractivity (Wildman–Crippen MR) is 96.6 cm³/mol. The van der Waals surface area contributed by atoms with E-state index in [4.69, 9.17) is 9.15 Å². The number of nitrogens with zero attached hydrogens (tertiary/aromatic N) is 1. The van der Waals surface area contributed by atoms with Gasteiger partial charge < -0.3 is 14.5 Å². The molecule has 2 heterocycles. The van der Waals surface area contributed by atoms with Crippen molar-refractivity contribution in [2.24, 2.45) is 0 Å². The first kappa shape index (κ1) is 17.7. The molecule has 0 bridgehead atoms. The highest BCUT2D eigenvalue weighted by molar-refractivity contribution is 5.94. The summed E-state index contributed by atoms with van der Waals surface area (Å²) in [5, 5.41) is 3.05. The molecule has 1 atom stereocenters. The van der Waals surface area contributed by atoms with Crippen LogP contribution in [0.25, 0.3) is 0 Å². The van der Waals surface area contributed by atoms with E-state index >= 15 is 0 Å². The number of hydrogen-bond acceptors (Lipinski definition) is 4. The van der Waals surface area contributed by atoms with Gasteiger partial charge in [0.1, 0.15) is 5.76 Å². The van der Waals surface area contributed by atoms with E-state index in [-0.39, 0.29) is 11.9 Å². The summed E-state index contributed by atoms with van der Waals surface area (Å²) in [5.74, 6) is 0.827. The quantitative estimate of drug-likeness (QED) is 0.840. The highest BCUT2D eigenvalue weighted by atomic mass is 16.5. The minimum absolute atomic E-state index is 0.0298. The fraction of sp³-hybridized carbons (Fsp3) is 0.450. The summed E-state index contributed by atoms with van der Waals surface area (Å²) < 4.78 is 11.0. The molecule has 1 aromatic carbocycles. The Morgan fingerprint density at radius 2 is 1.96 bits per heavy atom. The van der Waals surface area contributed by atoms with E-state index in [0.29, 0.717) is 25.3 Å². The number of carbonyl (C=O) groups excluding carboxylic acids is 1. The summed E-state index contributed by atoms with van der Waals surface area (Å²) in [4.78, 5) is 14.8. The van der Waals surface area contributed by atoms with Crippen molar-refractivity contribution in [2.75, 3.05) is 32.8 Å². The summed E-state index contributed by atoms with van der Waals surface area (Å²) in [5.41, 5.74) is 1.96. The molecular formula is C20H26N2O3. The van der Waals surface area contributed by atoms with Gasteiger partial charge in [-0.05, 0) is 36.2 Å². The third kappa shape index (κ3) is 4.71. The van der Waals surface area contributed by atoms with Gasteiger partial charge in [0.25, 0.3) is 5.91 Å². The highest BCUT2D eigenvalue weighted by Gasteiger charge is 2.25. The molecule has 1 saturated heterocycles. The van der Waals surface area contributed by atoms with Crippen molar-refractivity contribution in [3.8, 4) is 0 Å². The van der Waals surface area contributed by atoms with Gasteiger partial charge in [-0.25, -0.2) is 0 Å². The van der Waals surface area contributed by atoms with Crippen molar-refractivity contribution in [2.45, 2.75) is 25.8 Å². The van der Waals surface area contributed by atoms with Crippen LogP contribution in [0.3, 0.4) is 0 Å². The maximum atomic E-state index is 12.5. The summed E-state index contributed by atoms with van der Waals surface area (Å²) in [6.07, 6.45) is 3.83. The molecule has 5 heteroatoms. The Hall–Kier alpha value is -2.11. The van der Waals surface area contributed by atoms with E-state index in [0.717, 1.165) is 31.7 Å². The van der Waals surface area contributed by atoms with E-state index in [1.807, 2.05) is 36.4 Å². The fourth-order valence-electron chi connectivity index (χ4n) is 3.18. The maximum absolute atomic E-state index is 12.5. The average Bonchev–Trinajstić information content (AvgIpc) is 3.18. The third-order valence-corrected chi connectivity index (χ3v) is 4.57. The number of carbonyl (C=O) groups is 1. The van der Waals surface area contributed by atoms with Crippen LogP contribution in [0, 0.1) is 0 Å². The second-order valence-corrected chi connectivity index (χ2v) is 6.34. The van der Waals surface area contributed by atoms with E-state index < -0.39 is 0 Å². The van der Waals surface area contributed by atoms with Gasteiger partial charge in [-0.1, -0.05) is 25.5 Å². The lowest BCUT2D eigenvalue weighted by Gasteiger charge is -2.33. The fourth-order valence-corrected chi connectivity index (χ4v) is 3.18. The summed E-state index contributed by atoms with van der Waals surface area (Å²) >= 11 is 0. The monoisotopic (exact) mass is 342 g/mol. The molecule has 1 fully saturated rings. The Kier molecular flexibility index (Phi) is 6.25. The number of ether oxygens (including phenoxy) is 1. The second kappa shape index (κ2) is 8.83. The molecule has 134 valence electrons. The molecule has 1 amide bonds. The Balaban J connectivity index is 1.62. The molecule has 25 heavy (non-hydrogen) atoms. The number of benzene rings is 1. The van der Waals surface area contributed by atoms with Gasteiger partial charge in [0.2, 0.25) is 0 Å². The highest BCUT2D eigenvalue weighted by Crippen LogP contribution is 2.21. The summed E-state index contributed by atoms with van der Waals surface area (Å²) in [6.45, 7) is 5.78. The Morgan fingerprint density at radius 1 is 1.20 bits per heavy atom. The molecule has 0 radical (unpaired) electrons. The Labute approximate surface area is 149 Å². The smallest absolute Gasteiger partial charge is 0.251 e. The van der Waals surface area contributed by atoms with E-state index in [1.54, 1.807) is 6.26 Å². The number of hydrogen-bond donors (Lipinski definition) is 1. The molecule has 1 aliphatic rings. The molecule has 1 unspecified atom stereocenters. The number of rotatable bonds is 7.